The first-order chi connectivity index (χ1) is 10.8. The van der Waals surface area contributed by atoms with Crippen LogP contribution in [0, 0.1) is 5.92 Å². The normalized spacial score (nSPS) is 15.2. The molecule has 0 bridgehead atoms. The molecule has 0 aliphatic heterocycles. The summed E-state index contributed by atoms with van der Waals surface area (Å²) < 4.78 is 14.6. The summed E-state index contributed by atoms with van der Waals surface area (Å²) >= 11 is 0. The van der Waals surface area contributed by atoms with Gasteiger partial charge < -0.3 is 4.57 Å². The number of hydrogen-bond acceptors (Lipinski definition) is 1. The fourth-order valence-electron chi connectivity index (χ4n) is 3.75. The second-order valence-corrected chi connectivity index (χ2v) is 16.3. The molecule has 0 aliphatic carbocycles. The highest BCUT2D eigenvalue weighted by Crippen LogP contribution is 2.55. The van der Waals surface area contributed by atoms with E-state index in [4.69, 9.17) is 0 Å². The topological polar surface area (TPSA) is 17.1 Å². The molecule has 3 heteroatoms. The second kappa shape index (κ2) is 7.19. The van der Waals surface area contributed by atoms with Gasteiger partial charge in [-0.15, -0.1) is 0 Å². The summed E-state index contributed by atoms with van der Waals surface area (Å²) in [6.45, 7) is 11.6. The van der Waals surface area contributed by atoms with Crippen LogP contribution < -0.4 is 10.6 Å². The minimum absolute atomic E-state index is 0.254. The fraction of sp³-hybridized carbons (Fsp3) is 0.400. The van der Waals surface area contributed by atoms with Crippen LogP contribution in [0.4, 0.5) is 0 Å². The van der Waals surface area contributed by atoms with Gasteiger partial charge in [-0.3, -0.25) is 0 Å². The third-order valence-corrected chi connectivity index (χ3v) is 13.9. The Morgan fingerprint density at radius 3 is 1.57 bits per heavy atom. The molecular weight excluding hydrogens is 315 g/mol. The van der Waals surface area contributed by atoms with Crippen molar-refractivity contribution in [3.05, 3.63) is 60.7 Å². The van der Waals surface area contributed by atoms with Gasteiger partial charge in [-0.05, 0) is 5.92 Å². The molecule has 0 aromatic heterocycles. The predicted molar refractivity (Wildman–Crippen MR) is 106 cm³/mol. The number of benzene rings is 2. The Morgan fingerprint density at radius 1 is 0.870 bits per heavy atom. The number of rotatable bonds is 6. The third-order valence-electron chi connectivity index (χ3n) is 4.74. The average Bonchev–Trinajstić information content (AvgIpc) is 2.55. The molecule has 0 heterocycles. The van der Waals surface area contributed by atoms with Gasteiger partial charge >= 0.3 is 0 Å². The lowest BCUT2D eigenvalue weighted by Crippen LogP contribution is -2.46. The average molecular weight is 345 g/mol. The first-order valence-corrected chi connectivity index (χ1v) is 13.9. The quantitative estimate of drug-likeness (QED) is 0.514. The fourth-order valence-corrected chi connectivity index (χ4v) is 14.0. The van der Waals surface area contributed by atoms with E-state index in [1.807, 2.05) is 36.4 Å². The molecule has 0 fully saturated rings. The van der Waals surface area contributed by atoms with E-state index in [1.54, 1.807) is 0 Å². The Kier molecular flexibility index (Phi) is 5.70. The lowest BCUT2D eigenvalue weighted by atomic mass is 10.1. The highest BCUT2D eigenvalue weighted by Gasteiger charge is 2.46. The zero-order valence-electron chi connectivity index (χ0n) is 15.0. The molecule has 0 aliphatic rings. The third kappa shape index (κ3) is 3.70. The molecule has 0 spiro atoms. The highest BCUT2D eigenvalue weighted by atomic mass is 31.2. The van der Waals surface area contributed by atoms with E-state index in [9.17, 15) is 4.57 Å². The summed E-state index contributed by atoms with van der Waals surface area (Å²) in [7, 11) is -4.30. The Bertz CT molecular complexity index is 618. The Balaban J connectivity index is 2.74. The van der Waals surface area contributed by atoms with Gasteiger partial charge in [0.1, 0.15) is 7.14 Å². The van der Waals surface area contributed by atoms with E-state index in [1.165, 1.54) is 0 Å². The van der Waals surface area contributed by atoms with Gasteiger partial charge in [-0.1, -0.05) is 101 Å². The zero-order chi connectivity index (χ0) is 17.1. The van der Waals surface area contributed by atoms with E-state index >= 15 is 0 Å². The molecule has 2 atom stereocenters. The SMILES string of the molecule is CCC(C)C([Si](C)(C)C)P(=O)(c1ccccc1)c1ccccc1. The van der Waals surface area contributed by atoms with Crippen LogP contribution >= 0.6 is 7.14 Å². The predicted octanol–water partition coefficient (Wildman–Crippen LogP) is 5.29. The van der Waals surface area contributed by atoms with Gasteiger partial charge in [-0.2, -0.15) is 0 Å². The lowest BCUT2D eigenvalue weighted by Gasteiger charge is -2.40. The molecule has 2 unspecified atom stereocenters. The van der Waals surface area contributed by atoms with Gasteiger partial charge in [0.25, 0.3) is 0 Å². The van der Waals surface area contributed by atoms with Crippen LogP contribution in [0.15, 0.2) is 60.7 Å². The largest absolute Gasteiger partial charge is 0.314 e. The van der Waals surface area contributed by atoms with Gasteiger partial charge in [0.15, 0.2) is 0 Å². The Hall–Kier alpha value is -1.11. The van der Waals surface area contributed by atoms with Crippen molar-refractivity contribution in [2.75, 3.05) is 0 Å². The van der Waals surface area contributed by atoms with Crippen LogP contribution in [0.1, 0.15) is 20.3 Å². The standard InChI is InChI=1S/C20H29OPSi/c1-6-17(2)20(23(3,4)5)22(21,18-13-9-7-10-14-18)19-15-11-8-12-16-19/h7-17,20H,6H2,1-5H3. The van der Waals surface area contributed by atoms with Crippen LogP contribution in [-0.4, -0.2) is 13.4 Å². The van der Waals surface area contributed by atoms with Gasteiger partial charge in [0.05, 0.1) is 8.07 Å². The van der Waals surface area contributed by atoms with E-state index < -0.39 is 15.2 Å². The molecule has 2 aromatic carbocycles. The maximum atomic E-state index is 14.6. The monoisotopic (exact) mass is 344 g/mol. The first kappa shape index (κ1) is 18.2. The summed E-state index contributed by atoms with van der Waals surface area (Å²) in [5, 5.41) is 2.28. The molecule has 1 nitrogen and oxygen atoms in total. The van der Waals surface area contributed by atoms with Crippen molar-refractivity contribution in [3.8, 4) is 0 Å². The molecule has 0 N–H and O–H groups in total. The maximum absolute atomic E-state index is 14.6. The molecule has 0 radical (unpaired) electrons. The van der Waals surface area contributed by atoms with E-state index in [0.717, 1.165) is 17.0 Å². The van der Waals surface area contributed by atoms with Crippen molar-refractivity contribution in [1.29, 1.82) is 0 Å². The minimum Gasteiger partial charge on any atom is -0.314 e. The van der Waals surface area contributed by atoms with Gasteiger partial charge in [0.2, 0.25) is 0 Å². The van der Waals surface area contributed by atoms with Crippen molar-refractivity contribution in [2.24, 2.45) is 5.92 Å². The van der Waals surface area contributed by atoms with Gasteiger partial charge in [-0.25, -0.2) is 0 Å². The summed E-state index contributed by atoms with van der Waals surface area (Å²) in [6, 6.07) is 20.3. The first-order valence-electron chi connectivity index (χ1n) is 8.52. The van der Waals surface area contributed by atoms with Crippen LogP contribution in [0.25, 0.3) is 0 Å². The molecular formula is C20H29OPSi. The molecule has 2 rings (SSSR count). The molecule has 0 saturated heterocycles. The van der Waals surface area contributed by atoms with Crippen molar-refractivity contribution >= 4 is 25.8 Å². The summed E-state index contributed by atoms with van der Waals surface area (Å²) in [6.07, 6.45) is 1.07. The molecule has 23 heavy (non-hydrogen) atoms. The highest BCUT2D eigenvalue weighted by molar-refractivity contribution is 7.81. The van der Waals surface area contributed by atoms with Crippen molar-refractivity contribution in [3.63, 3.8) is 0 Å². The van der Waals surface area contributed by atoms with Crippen LogP contribution in [0.5, 0.6) is 0 Å². The van der Waals surface area contributed by atoms with Crippen LogP contribution in [-0.2, 0) is 4.57 Å². The van der Waals surface area contributed by atoms with E-state index in [2.05, 4.69) is 57.8 Å². The van der Waals surface area contributed by atoms with E-state index in [0.29, 0.717) is 5.92 Å². The van der Waals surface area contributed by atoms with E-state index in [-0.39, 0.29) is 5.28 Å². The van der Waals surface area contributed by atoms with Crippen LogP contribution in [0.2, 0.25) is 19.6 Å². The molecule has 0 amide bonds. The summed E-state index contributed by atoms with van der Waals surface area (Å²) in [4.78, 5) is 0. The van der Waals surface area contributed by atoms with Crippen molar-refractivity contribution in [1.82, 2.24) is 0 Å². The van der Waals surface area contributed by atoms with Gasteiger partial charge in [0, 0.05) is 15.9 Å². The minimum atomic E-state index is -2.67. The Morgan fingerprint density at radius 2 is 1.26 bits per heavy atom. The van der Waals surface area contributed by atoms with Crippen molar-refractivity contribution < 1.29 is 4.57 Å². The molecule has 0 saturated carbocycles. The zero-order valence-corrected chi connectivity index (χ0v) is 16.9. The lowest BCUT2D eigenvalue weighted by molar-refractivity contribution is 0.546. The second-order valence-electron chi connectivity index (χ2n) is 7.53. The summed E-state index contributed by atoms with van der Waals surface area (Å²) in [5.74, 6) is 0.452. The molecule has 124 valence electrons. The van der Waals surface area contributed by atoms with Crippen molar-refractivity contribution in [2.45, 2.75) is 45.2 Å². The summed E-state index contributed by atoms with van der Waals surface area (Å²) in [5.41, 5.74) is 0. The maximum Gasteiger partial charge on any atom is 0.143 e. The van der Waals surface area contributed by atoms with Crippen LogP contribution in [0.3, 0.4) is 0 Å². The smallest absolute Gasteiger partial charge is 0.143 e. The number of hydrogen-bond donors (Lipinski definition) is 0. The molecule has 2 aromatic rings. The Labute approximate surface area is 142 Å².